The molecular weight excluding hydrogens is 396 g/mol. The van der Waals surface area contributed by atoms with Gasteiger partial charge in [-0.15, -0.1) is 0 Å². The lowest BCUT2D eigenvalue weighted by atomic mass is 10.1. The Morgan fingerprint density at radius 1 is 0.815 bits per heavy atom. The molecule has 10 heteroatoms. The summed E-state index contributed by atoms with van der Waals surface area (Å²) in [5, 5.41) is 0. The first-order valence-corrected chi connectivity index (χ1v) is 9.23. The summed E-state index contributed by atoms with van der Waals surface area (Å²) in [7, 11) is -4.58. The third-order valence-electron chi connectivity index (χ3n) is 4.24. The van der Waals surface area contributed by atoms with Gasteiger partial charge in [0.25, 0.3) is 0 Å². The summed E-state index contributed by atoms with van der Waals surface area (Å²) in [4.78, 5) is -1.07. The predicted octanol–water partition coefficient (Wildman–Crippen LogP) is 4.17. The topological polar surface area (TPSA) is 46.2 Å². The molecule has 0 saturated carbocycles. The number of hydrogen-bond donors (Lipinski definition) is 1. The van der Waals surface area contributed by atoms with Crippen molar-refractivity contribution in [3.8, 4) is 0 Å². The molecule has 0 fully saturated rings. The lowest BCUT2D eigenvalue weighted by Gasteiger charge is -2.16. The van der Waals surface area contributed by atoms with Crippen molar-refractivity contribution in [1.29, 1.82) is 0 Å². The molecule has 1 N–H and O–H groups in total. The second-order valence-corrected chi connectivity index (χ2v) is 7.95. The van der Waals surface area contributed by atoms with Gasteiger partial charge in [0.15, 0.2) is 0 Å². The smallest absolute Gasteiger partial charge is 0.207 e. The fraction of sp³-hybridized carbons (Fsp3) is 0.294. The number of sulfonamides is 1. The fourth-order valence-corrected chi connectivity index (χ4v) is 4.32. The second kappa shape index (κ2) is 6.52. The van der Waals surface area contributed by atoms with Crippen LogP contribution in [0.25, 0.3) is 0 Å². The Labute approximate surface area is 151 Å². The van der Waals surface area contributed by atoms with Gasteiger partial charge in [-0.2, -0.15) is 26.3 Å². The van der Waals surface area contributed by atoms with Crippen LogP contribution in [-0.2, 0) is 35.2 Å². The van der Waals surface area contributed by atoms with Crippen LogP contribution in [0, 0.1) is 0 Å². The lowest BCUT2D eigenvalue weighted by Crippen LogP contribution is -2.35. The molecule has 0 saturated heterocycles. The summed E-state index contributed by atoms with van der Waals surface area (Å²) >= 11 is 0. The van der Waals surface area contributed by atoms with Crippen LogP contribution in [0.5, 0.6) is 0 Å². The summed E-state index contributed by atoms with van der Waals surface area (Å²) in [6.45, 7) is 0. The van der Waals surface area contributed by atoms with E-state index < -0.39 is 44.4 Å². The van der Waals surface area contributed by atoms with Crippen molar-refractivity contribution in [3.63, 3.8) is 0 Å². The van der Waals surface area contributed by atoms with E-state index in [1.807, 2.05) is 0 Å². The highest BCUT2D eigenvalue weighted by Gasteiger charge is 2.38. The molecule has 0 spiro atoms. The van der Waals surface area contributed by atoms with E-state index in [-0.39, 0.29) is 18.2 Å². The monoisotopic (exact) mass is 409 g/mol. The van der Waals surface area contributed by atoms with E-state index in [0.717, 1.165) is 11.1 Å². The molecule has 0 amide bonds. The first-order valence-electron chi connectivity index (χ1n) is 7.75. The van der Waals surface area contributed by atoms with Crippen LogP contribution in [0.3, 0.4) is 0 Å². The summed E-state index contributed by atoms with van der Waals surface area (Å²) in [6, 6.07) is 6.77. The molecule has 2 aromatic rings. The standard InChI is InChI=1S/C17H13F6NO2S/c18-16(19,20)12-7-13(17(21,22)23)9-15(8-12)27(25,26)24-14-5-10-3-1-2-4-11(10)6-14/h1-4,7-9,14,24H,5-6H2. The van der Waals surface area contributed by atoms with Crippen molar-refractivity contribution in [1.82, 2.24) is 4.72 Å². The molecule has 0 bridgehead atoms. The van der Waals surface area contributed by atoms with Gasteiger partial charge in [-0.25, -0.2) is 13.1 Å². The largest absolute Gasteiger partial charge is 0.416 e. The highest BCUT2D eigenvalue weighted by Crippen LogP contribution is 2.37. The van der Waals surface area contributed by atoms with Gasteiger partial charge >= 0.3 is 12.4 Å². The van der Waals surface area contributed by atoms with Gasteiger partial charge in [0, 0.05) is 6.04 Å². The Bertz CT molecular complexity index is 909. The molecule has 0 aromatic heterocycles. The third kappa shape index (κ3) is 4.27. The quantitative estimate of drug-likeness (QED) is 0.774. The van der Waals surface area contributed by atoms with Crippen LogP contribution in [0.1, 0.15) is 22.3 Å². The maximum absolute atomic E-state index is 12.9. The summed E-state index contributed by atoms with van der Waals surface area (Å²) in [5.41, 5.74) is -1.59. The zero-order chi connectivity index (χ0) is 20.0. The first-order chi connectivity index (χ1) is 12.4. The van der Waals surface area contributed by atoms with E-state index in [9.17, 15) is 34.8 Å². The van der Waals surface area contributed by atoms with Crippen molar-refractivity contribution in [2.75, 3.05) is 0 Å². The molecule has 0 aliphatic heterocycles. The molecule has 0 heterocycles. The van der Waals surface area contributed by atoms with Gasteiger partial charge in [0.2, 0.25) is 10.0 Å². The van der Waals surface area contributed by atoms with Crippen LogP contribution in [0.4, 0.5) is 26.3 Å². The lowest BCUT2D eigenvalue weighted by molar-refractivity contribution is -0.143. The summed E-state index contributed by atoms with van der Waals surface area (Å²) in [5.74, 6) is 0. The molecule has 1 aliphatic carbocycles. The Balaban J connectivity index is 1.94. The van der Waals surface area contributed by atoms with Crippen LogP contribution >= 0.6 is 0 Å². The molecule has 0 radical (unpaired) electrons. The average molecular weight is 409 g/mol. The normalized spacial score (nSPS) is 15.8. The van der Waals surface area contributed by atoms with Crippen LogP contribution in [0.15, 0.2) is 47.4 Å². The second-order valence-electron chi connectivity index (χ2n) is 6.24. The summed E-state index contributed by atoms with van der Waals surface area (Å²) in [6.07, 6.45) is -9.62. The van der Waals surface area contributed by atoms with Gasteiger partial charge < -0.3 is 0 Å². The zero-order valence-corrected chi connectivity index (χ0v) is 14.3. The van der Waals surface area contributed by atoms with E-state index in [0.29, 0.717) is 12.8 Å². The third-order valence-corrected chi connectivity index (χ3v) is 5.74. The first kappa shape index (κ1) is 19.7. The minimum Gasteiger partial charge on any atom is -0.207 e. The number of hydrogen-bond acceptors (Lipinski definition) is 2. The van der Waals surface area contributed by atoms with Crippen LogP contribution < -0.4 is 4.72 Å². The molecule has 27 heavy (non-hydrogen) atoms. The van der Waals surface area contributed by atoms with Crippen molar-refractivity contribution >= 4 is 10.0 Å². The molecule has 0 atom stereocenters. The SMILES string of the molecule is O=S(=O)(NC1Cc2ccccc2C1)c1cc(C(F)(F)F)cc(C(F)(F)F)c1. The van der Waals surface area contributed by atoms with Gasteiger partial charge in [0.05, 0.1) is 16.0 Å². The van der Waals surface area contributed by atoms with Crippen molar-refractivity contribution in [2.24, 2.45) is 0 Å². The summed E-state index contributed by atoms with van der Waals surface area (Å²) < 4.78 is 105. The van der Waals surface area contributed by atoms with E-state index in [4.69, 9.17) is 0 Å². The molecule has 3 nitrogen and oxygen atoms in total. The highest BCUT2D eigenvalue weighted by atomic mass is 32.2. The number of fused-ring (bicyclic) bond motifs is 1. The number of benzene rings is 2. The van der Waals surface area contributed by atoms with E-state index in [1.165, 1.54) is 0 Å². The van der Waals surface area contributed by atoms with E-state index in [1.54, 1.807) is 24.3 Å². The van der Waals surface area contributed by atoms with E-state index >= 15 is 0 Å². The maximum atomic E-state index is 12.9. The van der Waals surface area contributed by atoms with Gasteiger partial charge in [-0.05, 0) is 42.2 Å². The molecule has 146 valence electrons. The number of rotatable bonds is 3. The molecule has 0 unspecified atom stereocenters. The highest BCUT2D eigenvalue weighted by molar-refractivity contribution is 7.89. The van der Waals surface area contributed by atoms with E-state index in [2.05, 4.69) is 4.72 Å². The molecule has 3 rings (SSSR count). The van der Waals surface area contributed by atoms with Crippen molar-refractivity contribution in [2.45, 2.75) is 36.1 Å². The average Bonchev–Trinajstić information content (AvgIpc) is 2.94. The number of halogens is 6. The Morgan fingerprint density at radius 2 is 1.26 bits per heavy atom. The van der Waals surface area contributed by atoms with Gasteiger partial charge in [-0.3, -0.25) is 0 Å². The van der Waals surface area contributed by atoms with Crippen LogP contribution in [-0.4, -0.2) is 14.5 Å². The number of alkyl halides is 6. The van der Waals surface area contributed by atoms with Gasteiger partial charge in [0.1, 0.15) is 0 Å². The zero-order valence-electron chi connectivity index (χ0n) is 13.5. The maximum Gasteiger partial charge on any atom is 0.416 e. The van der Waals surface area contributed by atoms with Gasteiger partial charge in [-0.1, -0.05) is 24.3 Å². The van der Waals surface area contributed by atoms with Crippen molar-refractivity contribution in [3.05, 3.63) is 64.7 Å². The fourth-order valence-electron chi connectivity index (χ4n) is 3.01. The minimum atomic E-state index is -5.12. The predicted molar refractivity (Wildman–Crippen MR) is 84.4 cm³/mol. The Kier molecular flexibility index (Phi) is 4.75. The molecular formula is C17H13F6NO2S. The Morgan fingerprint density at radius 3 is 1.67 bits per heavy atom. The minimum absolute atomic E-state index is 0.107. The molecule has 1 aliphatic rings. The Hall–Kier alpha value is -2.07. The number of nitrogens with one attached hydrogen (secondary N) is 1. The van der Waals surface area contributed by atoms with Crippen molar-refractivity contribution < 1.29 is 34.8 Å². The molecule has 2 aromatic carbocycles. The van der Waals surface area contributed by atoms with Crippen LogP contribution in [0.2, 0.25) is 0 Å².